The molecule has 0 aromatic heterocycles. The summed E-state index contributed by atoms with van der Waals surface area (Å²) in [4.78, 5) is 11.3. The minimum absolute atomic E-state index is 0.0858. The quantitative estimate of drug-likeness (QED) is 0.783. The van der Waals surface area contributed by atoms with E-state index < -0.39 is 0 Å². The van der Waals surface area contributed by atoms with Crippen LogP contribution in [0.2, 0.25) is 0 Å². The van der Waals surface area contributed by atoms with Gasteiger partial charge in [0.2, 0.25) is 5.91 Å². The molecule has 15 heavy (non-hydrogen) atoms. The second-order valence-electron chi connectivity index (χ2n) is 3.16. The molecule has 1 aromatic rings. The highest BCUT2D eigenvalue weighted by atomic mass is 32.2. The van der Waals surface area contributed by atoms with Gasteiger partial charge in [-0.1, -0.05) is 17.7 Å². The van der Waals surface area contributed by atoms with Crippen molar-refractivity contribution in [1.29, 1.82) is 0 Å². The van der Waals surface area contributed by atoms with Crippen molar-refractivity contribution in [2.45, 2.75) is 6.92 Å². The van der Waals surface area contributed by atoms with Gasteiger partial charge in [-0.25, -0.2) is 0 Å². The Morgan fingerprint density at radius 3 is 2.67 bits per heavy atom. The molecule has 0 heterocycles. The van der Waals surface area contributed by atoms with Crippen LogP contribution >= 0.6 is 11.8 Å². The highest BCUT2D eigenvalue weighted by Gasteiger charge is 2.01. The SMILES string of the molecule is Cc1ccc(NC(=O)CSCCF)cc1. The third-order valence-electron chi connectivity index (χ3n) is 1.79. The number of thioether (sulfide) groups is 1. The van der Waals surface area contributed by atoms with Crippen molar-refractivity contribution < 1.29 is 9.18 Å². The number of halogens is 1. The lowest BCUT2D eigenvalue weighted by Gasteiger charge is -2.04. The molecule has 0 fully saturated rings. The van der Waals surface area contributed by atoms with Crippen molar-refractivity contribution in [3.8, 4) is 0 Å². The maximum atomic E-state index is 11.8. The summed E-state index contributed by atoms with van der Waals surface area (Å²) in [7, 11) is 0. The third kappa shape index (κ3) is 4.83. The van der Waals surface area contributed by atoms with E-state index in [1.165, 1.54) is 11.8 Å². The van der Waals surface area contributed by atoms with Crippen LogP contribution in [0.15, 0.2) is 24.3 Å². The predicted molar refractivity (Wildman–Crippen MR) is 63.1 cm³/mol. The Hall–Kier alpha value is -1.03. The Morgan fingerprint density at radius 2 is 2.07 bits per heavy atom. The number of rotatable bonds is 5. The summed E-state index contributed by atoms with van der Waals surface area (Å²) in [5, 5.41) is 2.75. The zero-order chi connectivity index (χ0) is 11.1. The number of amides is 1. The third-order valence-corrected chi connectivity index (χ3v) is 2.70. The number of carbonyl (C=O) groups is 1. The fourth-order valence-electron chi connectivity index (χ4n) is 1.05. The molecule has 1 aromatic carbocycles. The summed E-state index contributed by atoms with van der Waals surface area (Å²) in [5.41, 5.74) is 1.94. The topological polar surface area (TPSA) is 29.1 Å². The van der Waals surface area contributed by atoms with Crippen molar-refractivity contribution in [3.63, 3.8) is 0 Å². The number of anilines is 1. The molecule has 1 rings (SSSR count). The summed E-state index contributed by atoms with van der Waals surface area (Å²) < 4.78 is 11.8. The summed E-state index contributed by atoms with van der Waals surface area (Å²) >= 11 is 1.30. The zero-order valence-corrected chi connectivity index (χ0v) is 9.44. The molecule has 82 valence electrons. The second kappa shape index (κ2) is 6.45. The largest absolute Gasteiger partial charge is 0.325 e. The highest BCUT2D eigenvalue weighted by Crippen LogP contribution is 2.09. The maximum Gasteiger partial charge on any atom is 0.234 e. The van der Waals surface area contributed by atoms with Crippen LogP contribution in [0.25, 0.3) is 0 Å². The summed E-state index contributed by atoms with van der Waals surface area (Å²) in [6.07, 6.45) is 0. The van der Waals surface area contributed by atoms with Gasteiger partial charge >= 0.3 is 0 Å². The molecule has 0 atom stereocenters. The number of aryl methyl sites for hydroxylation is 1. The minimum Gasteiger partial charge on any atom is -0.325 e. The van der Waals surface area contributed by atoms with E-state index in [4.69, 9.17) is 0 Å². The molecule has 0 spiro atoms. The number of nitrogens with one attached hydrogen (secondary N) is 1. The Morgan fingerprint density at radius 1 is 1.40 bits per heavy atom. The van der Waals surface area contributed by atoms with Gasteiger partial charge in [-0.15, -0.1) is 11.8 Å². The van der Waals surface area contributed by atoms with Gasteiger partial charge in [-0.2, -0.15) is 0 Å². The summed E-state index contributed by atoms with van der Waals surface area (Å²) in [6, 6.07) is 7.58. The van der Waals surface area contributed by atoms with Crippen molar-refractivity contribution in [3.05, 3.63) is 29.8 Å². The fourth-order valence-corrected chi connectivity index (χ4v) is 1.56. The molecule has 4 heteroatoms. The molecule has 1 amide bonds. The first-order valence-corrected chi connectivity index (χ1v) is 5.88. The molecule has 0 bridgehead atoms. The van der Waals surface area contributed by atoms with Crippen LogP contribution in [-0.2, 0) is 4.79 Å². The van der Waals surface area contributed by atoms with Crippen LogP contribution in [0.3, 0.4) is 0 Å². The van der Waals surface area contributed by atoms with Crippen LogP contribution in [-0.4, -0.2) is 24.1 Å². The summed E-state index contributed by atoms with van der Waals surface area (Å²) in [5.74, 6) is 0.594. The Balaban J connectivity index is 2.34. The molecule has 0 radical (unpaired) electrons. The molecule has 0 aliphatic carbocycles. The smallest absolute Gasteiger partial charge is 0.234 e. The molecule has 0 aliphatic heterocycles. The van der Waals surface area contributed by atoms with Gasteiger partial charge in [0, 0.05) is 11.4 Å². The maximum absolute atomic E-state index is 11.8. The average Bonchev–Trinajstić information content (AvgIpc) is 2.22. The fraction of sp³-hybridized carbons (Fsp3) is 0.364. The van der Waals surface area contributed by atoms with Gasteiger partial charge in [0.05, 0.1) is 12.4 Å². The van der Waals surface area contributed by atoms with Crippen LogP contribution in [0.4, 0.5) is 10.1 Å². The molecule has 2 nitrogen and oxygen atoms in total. The predicted octanol–water partition coefficient (Wildman–Crippen LogP) is 2.64. The van der Waals surface area contributed by atoms with Gasteiger partial charge in [0.1, 0.15) is 0 Å². The van der Waals surface area contributed by atoms with Crippen LogP contribution in [0.1, 0.15) is 5.56 Å². The zero-order valence-electron chi connectivity index (χ0n) is 8.63. The van der Waals surface area contributed by atoms with Crippen molar-refractivity contribution in [2.24, 2.45) is 0 Å². The first kappa shape index (κ1) is 12.0. The van der Waals surface area contributed by atoms with Gasteiger partial charge < -0.3 is 5.32 Å². The monoisotopic (exact) mass is 227 g/mol. The van der Waals surface area contributed by atoms with E-state index in [2.05, 4.69) is 5.32 Å². The standard InChI is InChI=1S/C11H14FNOS/c1-9-2-4-10(5-3-9)13-11(14)8-15-7-6-12/h2-5H,6-8H2,1H3,(H,13,14). The lowest BCUT2D eigenvalue weighted by atomic mass is 10.2. The van der Waals surface area contributed by atoms with E-state index in [9.17, 15) is 9.18 Å². The van der Waals surface area contributed by atoms with Crippen LogP contribution < -0.4 is 5.32 Å². The number of hydrogen-bond donors (Lipinski definition) is 1. The second-order valence-corrected chi connectivity index (χ2v) is 4.26. The molecule has 1 N–H and O–H groups in total. The minimum atomic E-state index is -0.386. The molecule has 0 unspecified atom stereocenters. The first-order chi connectivity index (χ1) is 7.22. The highest BCUT2D eigenvalue weighted by molar-refractivity contribution is 7.99. The van der Waals surface area contributed by atoms with E-state index >= 15 is 0 Å². The summed E-state index contributed by atoms with van der Waals surface area (Å²) in [6.45, 7) is 1.60. The molecular weight excluding hydrogens is 213 g/mol. The van der Waals surface area contributed by atoms with Gasteiger partial charge in [-0.05, 0) is 19.1 Å². The van der Waals surface area contributed by atoms with Gasteiger partial charge in [0.15, 0.2) is 0 Å². The van der Waals surface area contributed by atoms with E-state index in [0.717, 1.165) is 11.3 Å². The first-order valence-electron chi connectivity index (χ1n) is 4.72. The molecule has 0 saturated carbocycles. The van der Waals surface area contributed by atoms with E-state index in [1.54, 1.807) is 0 Å². The van der Waals surface area contributed by atoms with E-state index in [1.807, 2.05) is 31.2 Å². The average molecular weight is 227 g/mol. The van der Waals surface area contributed by atoms with E-state index in [-0.39, 0.29) is 12.6 Å². The number of alkyl halides is 1. The van der Waals surface area contributed by atoms with Gasteiger partial charge in [0.25, 0.3) is 0 Å². The van der Waals surface area contributed by atoms with Crippen molar-refractivity contribution in [2.75, 3.05) is 23.5 Å². The molecule has 0 aliphatic rings. The number of hydrogen-bond acceptors (Lipinski definition) is 2. The molecular formula is C11H14FNOS. The lowest BCUT2D eigenvalue weighted by molar-refractivity contribution is -0.113. The molecule has 0 saturated heterocycles. The van der Waals surface area contributed by atoms with E-state index in [0.29, 0.717) is 11.5 Å². The lowest BCUT2D eigenvalue weighted by Crippen LogP contribution is -2.14. The van der Waals surface area contributed by atoms with Crippen molar-refractivity contribution in [1.82, 2.24) is 0 Å². The van der Waals surface area contributed by atoms with Crippen LogP contribution in [0, 0.1) is 6.92 Å². The Bertz CT molecular complexity index is 313. The Kier molecular flexibility index (Phi) is 5.18. The Labute approximate surface area is 93.3 Å². The van der Waals surface area contributed by atoms with Gasteiger partial charge in [-0.3, -0.25) is 9.18 Å². The normalized spacial score (nSPS) is 10.0. The number of benzene rings is 1. The van der Waals surface area contributed by atoms with Crippen molar-refractivity contribution >= 4 is 23.4 Å². The van der Waals surface area contributed by atoms with Crippen LogP contribution in [0.5, 0.6) is 0 Å². The number of carbonyl (C=O) groups excluding carboxylic acids is 1.